The molecule has 0 atom stereocenters. The van der Waals surface area contributed by atoms with Gasteiger partial charge in [0.2, 0.25) is 10.0 Å². The fourth-order valence-electron chi connectivity index (χ4n) is 3.54. The summed E-state index contributed by atoms with van der Waals surface area (Å²) in [5.41, 5.74) is 2.88. The molecule has 0 spiro atoms. The molecule has 1 aromatic heterocycles. The normalized spacial score (nSPS) is 11.7. The van der Waals surface area contributed by atoms with E-state index in [1.807, 2.05) is 19.1 Å². The first-order chi connectivity index (χ1) is 14.8. The van der Waals surface area contributed by atoms with E-state index < -0.39 is 10.0 Å². The lowest BCUT2D eigenvalue weighted by atomic mass is 10.1. The zero-order chi connectivity index (χ0) is 22.6. The fourth-order valence-corrected chi connectivity index (χ4v) is 5.04. The van der Waals surface area contributed by atoms with E-state index in [0.29, 0.717) is 35.1 Å². The highest BCUT2D eigenvalue weighted by molar-refractivity contribution is 7.89. The van der Waals surface area contributed by atoms with Crippen molar-refractivity contribution in [1.29, 1.82) is 0 Å². The molecule has 1 N–H and O–H groups in total. The number of nitrogens with zero attached hydrogens (tertiary/aromatic N) is 1. The van der Waals surface area contributed by atoms with Gasteiger partial charge < -0.3 is 4.74 Å². The molecule has 0 aliphatic carbocycles. The molecular weight excluding hydrogens is 459 g/mol. The minimum atomic E-state index is -3.39. The van der Waals surface area contributed by atoms with Crippen molar-refractivity contribution in [2.24, 2.45) is 0 Å². The zero-order valence-electron chi connectivity index (χ0n) is 17.3. The number of fused-ring (bicyclic) bond motifs is 1. The SMILES string of the molecule is COc1ccc2c(c1)c(CCNS(=O)(=O)CCCCl)c(C)n2C(=O)c1ccc(Cl)cc1. The van der Waals surface area contributed by atoms with Crippen LogP contribution in [-0.4, -0.2) is 44.2 Å². The number of aromatic nitrogens is 1. The molecule has 0 amide bonds. The number of carbonyl (C=O) groups excluding carboxylic acids is 1. The maximum atomic E-state index is 13.3. The summed E-state index contributed by atoms with van der Waals surface area (Å²) in [6, 6.07) is 12.2. The van der Waals surface area contributed by atoms with E-state index in [-0.39, 0.29) is 18.2 Å². The zero-order valence-corrected chi connectivity index (χ0v) is 19.6. The number of hydrogen-bond donors (Lipinski definition) is 1. The molecule has 3 rings (SSSR count). The first-order valence-corrected chi connectivity index (χ1v) is 12.4. The standard InChI is InChI=1S/C22H24Cl2N2O4S/c1-15-19(10-12-25-31(28,29)13-3-11-23)20-14-18(30-2)8-9-21(20)26(15)22(27)16-4-6-17(24)7-5-16/h4-9,14,25H,3,10-13H2,1-2H3. The first kappa shape index (κ1) is 23.6. The summed E-state index contributed by atoms with van der Waals surface area (Å²) in [4.78, 5) is 13.3. The molecule has 0 bridgehead atoms. The van der Waals surface area contributed by atoms with Crippen LogP contribution in [-0.2, 0) is 16.4 Å². The Morgan fingerprint density at radius 3 is 2.52 bits per heavy atom. The van der Waals surface area contributed by atoms with Crippen molar-refractivity contribution in [2.45, 2.75) is 19.8 Å². The van der Waals surface area contributed by atoms with Crippen LogP contribution in [0.2, 0.25) is 5.02 Å². The summed E-state index contributed by atoms with van der Waals surface area (Å²) in [5, 5.41) is 1.40. The largest absolute Gasteiger partial charge is 0.497 e. The second-order valence-corrected chi connectivity index (χ2v) is 9.84. The number of halogens is 2. The molecule has 0 radical (unpaired) electrons. The predicted octanol–water partition coefficient (Wildman–Crippen LogP) is 4.39. The Morgan fingerprint density at radius 1 is 1.16 bits per heavy atom. The molecule has 166 valence electrons. The van der Waals surface area contributed by atoms with Crippen LogP contribution in [0.1, 0.15) is 28.0 Å². The molecule has 0 aliphatic rings. The molecule has 0 saturated carbocycles. The molecule has 6 nitrogen and oxygen atoms in total. The molecule has 1 heterocycles. The molecule has 0 fully saturated rings. The minimum absolute atomic E-state index is 0.0138. The van der Waals surface area contributed by atoms with Crippen molar-refractivity contribution in [2.75, 3.05) is 25.3 Å². The average molecular weight is 483 g/mol. The van der Waals surface area contributed by atoms with Crippen molar-refractivity contribution in [3.05, 3.63) is 64.3 Å². The van der Waals surface area contributed by atoms with Gasteiger partial charge in [0, 0.05) is 34.1 Å². The van der Waals surface area contributed by atoms with Crippen molar-refractivity contribution in [3.63, 3.8) is 0 Å². The number of nitrogens with one attached hydrogen (secondary N) is 1. The maximum Gasteiger partial charge on any atom is 0.262 e. The molecule has 0 aliphatic heterocycles. The lowest BCUT2D eigenvalue weighted by Crippen LogP contribution is -2.28. The van der Waals surface area contributed by atoms with Crippen LogP contribution in [0.25, 0.3) is 10.9 Å². The summed E-state index contributed by atoms with van der Waals surface area (Å²) >= 11 is 11.6. The first-order valence-electron chi connectivity index (χ1n) is 9.79. The van der Waals surface area contributed by atoms with Crippen LogP contribution in [0, 0.1) is 6.92 Å². The van der Waals surface area contributed by atoms with Crippen LogP contribution in [0.5, 0.6) is 5.75 Å². The number of sulfonamides is 1. The Bertz CT molecular complexity index is 1190. The van der Waals surface area contributed by atoms with Gasteiger partial charge in [0.15, 0.2) is 0 Å². The third kappa shape index (κ3) is 5.41. The van der Waals surface area contributed by atoms with E-state index in [0.717, 1.165) is 22.2 Å². The summed E-state index contributed by atoms with van der Waals surface area (Å²) in [6.45, 7) is 2.08. The Kier molecular flexibility index (Phi) is 7.64. The second kappa shape index (κ2) is 10.0. The minimum Gasteiger partial charge on any atom is -0.497 e. The molecule has 0 saturated heterocycles. The van der Waals surface area contributed by atoms with Gasteiger partial charge in [0.1, 0.15) is 5.75 Å². The summed E-state index contributed by atoms with van der Waals surface area (Å²) in [7, 11) is -1.82. The number of hydrogen-bond acceptors (Lipinski definition) is 4. The van der Waals surface area contributed by atoms with E-state index in [1.54, 1.807) is 42.0 Å². The number of carbonyl (C=O) groups is 1. The number of ether oxygens (including phenoxy) is 1. The quantitative estimate of drug-likeness (QED) is 0.458. The highest BCUT2D eigenvalue weighted by Gasteiger charge is 2.21. The van der Waals surface area contributed by atoms with Gasteiger partial charge in [0.05, 0.1) is 18.4 Å². The highest BCUT2D eigenvalue weighted by atomic mass is 35.5. The van der Waals surface area contributed by atoms with Gasteiger partial charge in [-0.1, -0.05) is 11.6 Å². The van der Waals surface area contributed by atoms with E-state index >= 15 is 0 Å². The van der Waals surface area contributed by atoms with E-state index in [2.05, 4.69) is 4.72 Å². The smallest absolute Gasteiger partial charge is 0.262 e. The Balaban J connectivity index is 1.98. The number of methoxy groups -OCH3 is 1. The second-order valence-electron chi connectivity index (χ2n) is 7.10. The predicted molar refractivity (Wildman–Crippen MR) is 125 cm³/mol. The Morgan fingerprint density at radius 2 is 1.87 bits per heavy atom. The molecule has 2 aromatic carbocycles. The Hall–Kier alpha value is -2.06. The summed E-state index contributed by atoms with van der Waals surface area (Å²) in [6.07, 6.45) is 0.818. The molecular formula is C22H24Cl2N2O4S. The lowest BCUT2D eigenvalue weighted by molar-refractivity contribution is 0.0963. The molecule has 3 aromatic rings. The topological polar surface area (TPSA) is 77.4 Å². The van der Waals surface area contributed by atoms with Crippen molar-refractivity contribution < 1.29 is 17.9 Å². The Labute approximate surface area is 192 Å². The number of alkyl halides is 1. The van der Waals surface area contributed by atoms with Crippen LogP contribution < -0.4 is 9.46 Å². The molecule has 0 unspecified atom stereocenters. The van der Waals surface area contributed by atoms with E-state index in [4.69, 9.17) is 27.9 Å². The summed E-state index contributed by atoms with van der Waals surface area (Å²) in [5.74, 6) is 0.756. The van der Waals surface area contributed by atoms with Gasteiger partial charge in [-0.3, -0.25) is 9.36 Å². The van der Waals surface area contributed by atoms with Gasteiger partial charge in [-0.05, 0) is 67.8 Å². The van der Waals surface area contributed by atoms with Gasteiger partial charge in [0.25, 0.3) is 5.91 Å². The van der Waals surface area contributed by atoms with Crippen LogP contribution >= 0.6 is 23.2 Å². The highest BCUT2D eigenvalue weighted by Crippen LogP contribution is 2.30. The fraction of sp³-hybridized carbons (Fsp3) is 0.318. The summed E-state index contributed by atoms with van der Waals surface area (Å²) < 4.78 is 33.8. The van der Waals surface area contributed by atoms with E-state index in [9.17, 15) is 13.2 Å². The monoisotopic (exact) mass is 482 g/mol. The number of rotatable bonds is 9. The van der Waals surface area contributed by atoms with Crippen molar-refractivity contribution >= 4 is 50.0 Å². The van der Waals surface area contributed by atoms with Crippen LogP contribution in [0.3, 0.4) is 0 Å². The number of benzene rings is 2. The third-order valence-corrected chi connectivity index (χ3v) is 7.07. The van der Waals surface area contributed by atoms with Gasteiger partial charge >= 0.3 is 0 Å². The van der Waals surface area contributed by atoms with Crippen molar-refractivity contribution in [1.82, 2.24) is 9.29 Å². The molecule has 9 heteroatoms. The van der Waals surface area contributed by atoms with E-state index in [1.165, 1.54) is 0 Å². The average Bonchev–Trinajstić information content (AvgIpc) is 3.03. The van der Waals surface area contributed by atoms with Crippen molar-refractivity contribution in [3.8, 4) is 5.75 Å². The van der Waals surface area contributed by atoms with Gasteiger partial charge in [-0.2, -0.15) is 0 Å². The molecule has 31 heavy (non-hydrogen) atoms. The van der Waals surface area contributed by atoms with Crippen LogP contribution in [0.4, 0.5) is 0 Å². The van der Waals surface area contributed by atoms with Gasteiger partial charge in [-0.15, -0.1) is 11.6 Å². The third-order valence-electron chi connectivity index (χ3n) is 5.08. The maximum absolute atomic E-state index is 13.3. The van der Waals surface area contributed by atoms with Gasteiger partial charge in [-0.25, -0.2) is 13.1 Å². The van der Waals surface area contributed by atoms with Crippen LogP contribution in [0.15, 0.2) is 42.5 Å². The lowest BCUT2D eigenvalue weighted by Gasteiger charge is -2.09.